The Morgan fingerprint density at radius 3 is 2.84 bits per heavy atom. The van der Waals surface area contributed by atoms with Crippen LogP contribution in [0.4, 0.5) is 0 Å². The van der Waals surface area contributed by atoms with Crippen LogP contribution in [0.1, 0.15) is 24.8 Å². The normalized spacial score (nSPS) is 23.2. The molecule has 1 aromatic carbocycles. The van der Waals surface area contributed by atoms with Crippen LogP contribution in [0.3, 0.4) is 0 Å². The lowest BCUT2D eigenvalue weighted by molar-refractivity contribution is -0.158. The van der Waals surface area contributed by atoms with Gasteiger partial charge in [-0.1, -0.05) is 36.3 Å². The summed E-state index contributed by atoms with van der Waals surface area (Å²) in [6, 6.07) is 10.4. The zero-order valence-electron chi connectivity index (χ0n) is 14.9. The van der Waals surface area contributed by atoms with Gasteiger partial charge in [-0.3, -0.25) is 4.79 Å². The van der Waals surface area contributed by atoms with Gasteiger partial charge in [-0.2, -0.15) is 0 Å². The smallest absolute Gasteiger partial charge is 0.252 e. The Bertz CT molecular complexity index is 570. The SMILES string of the molecule is C#CCNC(=O)C1OC(CCN(C)CCc2ccccc2)CCC1O. The van der Waals surface area contributed by atoms with Crippen molar-refractivity contribution in [1.29, 1.82) is 0 Å². The summed E-state index contributed by atoms with van der Waals surface area (Å²) in [5.74, 6) is 2.03. The van der Waals surface area contributed by atoms with Crippen LogP contribution in [0.5, 0.6) is 0 Å². The Morgan fingerprint density at radius 2 is 2.12 bits per heavy atom. The van der Waals surface area contributed by atoms with E-state index in [0.29, 0.717) is 6.42 Å². The highest BCUT2D eigenvalue weighted by atomic mass is 16.5. The first-order valence-electron chi connectivity index (χ1n) is 8.87. The maximum atomic E-state index is 12.0. The van der Waals surface area contributed by atoms with E-state index in [1.54, 1.807) is 0 Å². The Balaban J connectivity index is 1.72. The molecule has 5 nitrogen and oxygen atoms in total. The van der Waals surface area contributed by atoms with Crippen LogP contribution in [0.25, 0.3) is 0 Å². The van der Waals surface area contributed by atoms with Crippen LogP contribution in [-0.4, -0.2) is 60.9 Å². The van der Waals surface area contributed by atoms with E-state index in [4.69, 9.17) is 11.2 Å². The first kappa shape index (κ1) is 19.5. The standard InChI is InChI=1S/C20H28N2O3/c1-3-13-21-20(24)19-18(23)10-9-17(25-19)12-15-22(2)14-11-16-7-5-4-6-8-16/h1,4-8,17-19,23H,9-15H2,2H3,(H,21,24). The monoisotopic (exact) mass is 344 g/mol. The summed E-state index contributed by atoms with van der Waals surface area (Å²) in [6.07, 6.45) is 6.76. The second-order valence-electron chi connectivity index (χ2n) is 6.57. The molecule has 0 saturated carbocycles. The average molecular weight is 344 g/mol. The summed E-state index contributed by atoms with van der Waals surface area (Å²) in [5.41, 5.74) is 1.33. The molecule has 1 heterocycles. The molecule has 3 atom stereocenters. The number of rotatable bonds is 8. The highest BCUT2D eigenvalue weighted by Gasteiger charge is 2.34. The number of likely N-dealkylation sites (N-methyl/N-ethyl adjacent to an activating group) is 1. The molecule has 1 aliphatic heterocycles. The van der Waals surface area contributed by atoms with Crippen molar-refractivity contribution in [2.45, 2.75) is 44.0 Å². The number of amides is 1. The highest BCUT2D eigenvalue weighted by molar-refractivity contribution is 5.81. The number of carbonyl (C=O) groups excluding carboxylic acids is 1. The predicted octanol–water partition coefficient (Wildman–Crippen LogP) is 1.21. The Kier molecular flexibility index (Phi) is 7.93. The molecule has 136 valence electrons. The van der Waals surface area contributed by atoms with E-state index in [1.165, 1.54) is 5.56 Å². The molecule has 2 N–H and O–H groups in total. The van der Waals surface area contributed by atoms with E-state index in [2.05, 4.69) is 47.5 Å². The van der Waals surface area contributed by atoms with Crippen LogP contribution in [-0.2, 0) is 16.0 Å². The van der Waals surface area contributed by atoms with Crippen molar-refractivity contribution in [3.05, 3.63) is 35.9 Å². The third kappa shape index (κ3) is 6.50. The number of nitrogens with zero attached hydrogens (tertiary/aromatic N) is 1. The minimum Gasteiger partial charge on any atom is -0.390 e. The van der Waals surface area contributed by atoms with E-state index < -0.39 is 12.2 Å². The Hall–Kier alpha value is -1.87. The van der Waals surface area contributed by atoms with Crippen molar-refractivity contribution in [3.8, 4) is 12.3 Å². The van der Waals surface area contributed by atoms with Crippen molar-refractivity contribution in [2.24, 2.45) is 0 Å². The molecule has 0 radical (unpaired) electrons. The van der Waals surface area contributed by atoms with Crippen molar-refractivity contribution < 1.29 is 14.6 Å². The van der Waals surface area contributed by atoms with E-state index in [0.717, 1.165) is 32.4 Å². The number of hydrogen-bond donors (Lipinski definition) is 2. The molecule has 25 heavy (non-hydrogen) atoms. The zero-order valence-corrected chi connectivity index (χ0v) is 14.9. The molecular formula is C20H28N2O3. The largest absolute Gasteiger partial charge is 0.390 e. The number of aliphatic hydroxyl groups excluding tert-OH is 1. The number of benzene rings is 1. The highest BCUT2D eigenvalue weighted by Crippen LogP contribution is 2.22. The number of terminal acetylenes is 1. The maximum absolute atomic E-state index is 12.0. The molecule has 3 unspecified atom stereocenters. The predicted molar refractivity (Wildman–Crippen MR) is 98.0 cm³/mol. The first-order valence-corrected chi connectivity index (χ1v) is 8.87. The molecule has 2 rings (SSSR count). The second kappa shape index (κ2) is 10.2. The van der Waals surface area contributed by atoms with E-state index in [1.807, 2.05) is 6.07 Å². The van der Waals surface area contributed by atoms with Gasteiger partial charge in [-0.15, -0.1) is 6.42 Å². The lowest BCUT2D eigenvalue weighted by Crippen LogP contribution is -2.49. The lowest BCUT2D eigenvalue weighted by Gasteiger charge is -2.33. The molecule has 5 heteroatoms. The lowest BCUT2D eigenvalue weighted by atomic mass is 9.98. The van der Waals surface area contributed by atoms with E-state index >= 15 is 0 Å². The Labute approximate surface area is 150 Å². The fourth-order valence-electron chi connectivity index (χ4n) is 3.00. The van der Waals surface area contributed by atoms with Gasteiger partial charge in [0.2, 0.25) is 0 Å². The minimum absolute atomic E-state index is 0.0100. The summed E-state index contributed by atoms with van der Waals surface area (Å²) in [7, 11) is 2.09. The van der Waals surface area contributed by atoms with Crippen LogP contribution in [0.15, 0.2) is 30.3 Å². The van der Waals surface area contributed by atoms with Crippen LogP contribution in [0.2, 0.25) is 0 Å². The Morgan fingerprint density at radius 1 is 1.36 bits per heavy atom. The van der Waals surface area contributed by atoms with Crippen molar-refractivity contribution in [2.75, 3.05) is 26.7 Å². The van der Waals surface area contributed by atoms with Gasteiger partial charge < -0.3 is 20.1 Å². The molecule has 1 aromatic rings. The fraction of sp³-hybridized carbons (Fsp3) is 0.550. The van der Waals surface area contributed by atoms with Crippen LogP contribution >= 0.6 is 0 Å². The van der Waals surface area contributed by atoms with Crippen LogP contribution < -0.4 is 5.32 Å². The van der Waals surface area contributed by atoms with Gasteiger partial charge >= 0.3 is 0 Å². The maximum Gasteiger partial charge on any atom is 0.252 e. The third-order valence-electron chi connectivity index (χ3n) is 4.55. The molecule has 0 spiro atoms. The van der Waals surface area contributed by atoms with Gasteiger partial charge in [0.25, 0.3) is 5.91 Å². The number of carbonyl (C=O) groups is 1. The van der Waals surface area contributed by atoms with Gasteiger partial charge in [0, 0.05) is 13.1 Å². The number of hydrogen-bond acceptors (Lipinski definition) is 4. The summed E-state index contributed by atoms with van der Waals surface area (Å²) in [5, 5.41) is 12.6. The van der Waals surface area contributed by atoms with Gasteiger partial charge in [0.05, 0.1) is 18.8 Å². The van der Waals surface area contributed by atoms with Gasteiger partial charge in [-0.05, 0) is 38.3 Å². The number of aliphatic hydroxyl groups is 1. The summed E-state index contributed by atoms with van der Waals surface area (Å²) < 4.78 is 5.81. The summed E-state index contributed by atoms with van der Waals surface area (Å²) in [6.45, 7) is 2.02. The second-order valence-corrected chi connectivity index (χ2v) is 6.57. The van der Waals surface area contributed by atoms with Gasteiger partial charge in [-0.25, -0.2) is 0 Å². The number of ether oxygens (including phenoxy) is 1. The molecule has 0 bridgehead atoms. The summed E-state index contributed by atoms with van der Waals surface area (Å²) >= 11 is 0. The molecule has 0 aliphatic carbocycles. The first-order chi connectivity index (χ1) is 12.1. The van der Waals surface area contributed by atoms with Crippen LogP contribution in [0, 0.1) is 12.3 Å². The molecule has 1 amide bonds. The molecule has 0 aromatic heterocycles. The summed E-state index contributed by atoms with van der Waals surface area (Å²) in [4.78, 5) is 14.3. The third-order valence-corrected chi connectivity index (χ3v) is 4.55. The quantitative estimate of drug-likeness (QED) is 0.696. The number of nitrogens with one attached hydrogen (secondary N) is 1. The fourth-order valence-corrected chi connectivity index (χ4v) is 3.00. The minimum atomic E-state index is -0.818. The molecule has 1 fully saturated rings. The van der Waals surface area contributed by atoms with E-state index in [-0.39, 0.29) is 18.6 Å². The molecule has 1 saturated heterocycles. The van der Waals surface area contributed by atoms with Crippen molar-refractivity contribution in [3.63, 3.8) is 0 Å². The average Bonchev–Trinajstić information content (AvgIpc) is 2.64. The van der Waals surface area contributed by atoms with Gasteiger partial charge in [0.15, 0.2) is 6.10 Å². The van der Waals surface area contributed by atoms with Crippen molar-refractivity contribution in [1.82, 2.24) is 10.2 Å². The van der Waals surface area contributed by atoms with E-state index in [9.17, 15) is 9.90 Å². The zero-order chi connectivity index (χ0) is 18.1. The van der Waals surface area contributed by atoms with Gasteiger partial charge in [0.1, 0.15) is 0 Å². The molecule has 1 aliphatic rings. The molecular weight excluding hydrogens is 316 g/mol. The van der Waals surface area contributed by atoms with Crippen molar-refractivity contribution >= 4 is 5.91 Å². The topological polar surface area (TPSA) is 61.8 Å².